The van der Waals surface area contributed by atoms with Gasteiger partial charge in [0.2, 0.25) is 0 Å². The molecule has 75 heavy (non-hydrogen) atoms. The van der Waals surface area contributed by atoms with E-state index in [9.17, 15) is 14.4 Å². The third-order valence-corrected chi connectivity index (χ3v) is 14.8. The Kier molecular flexibility index (Phi) is 61.7. The molecule has 0 saturated carbocycles. The van der Waals surface area contributed by atoms with Gasteiger partial charge >= 0.3 is 17.9 Å². The molecule has 0 aromatic heterocycles. The van der Waals surface area contributed by atoms with Crippen molar-refractivity contribution < 1.29 is 28.6 Å². The molecule has 0 rings (SSSR count). The molecule has 0 aliphatic carbocycles. The van der Waals surface area contributed by atoms with Crippen LogP contribution in [-0.4, -0.2) is 37.2 Å². The molecule has 0 N–H and O–H groups in total. The van der Waals surface area contributed by atoms with Gasteiger partial charge in [0, 0.05) is 19.3 Å². The average Bonchev–Trinajstić information content (AvgIpc) is 3.41. The highest BCUT2D eigenvalue weighted by Gasteiger charge is 2.19. The molecule has 0 spiro atoms. The lowest BCUT2D eigenvalue weighted by Gasteiger charge is -2.18. The zero-order chi connectivity index (χ0) is 54.3. The lowest BCUT2D eigenvalue weighted by Crippen LogP contribution is -2.30. The van der Waals surface area contributed by atoms with E-state index >= 15 is 0 Å². The number of carbonyl (C=O) groups is 3. The van der Waals surface area contributed by atoms with Gasteiger partial charge in [0.15, 0.2) is 6.10 Å². The normalized spacial score (nSPS) is 11.9. The van der Waals surface area contributed by atoms with Crippen LogP contribution >= 0.6 is 0 Å². The number of hydrogen-bond donors (Lipinski definition) is 0. The van der Waals surface area contributed by atoms with Gasteiger partial charge in [-0.25, -0.2) is 0 Å². The van der Waals surface area contributed by atoms with Crippen molar-refractivity contribution in [1.82, 2.24) is 0 Å². The van der Waals surface area contributed by atoms with Crippen molar-refractivity contribution >= 4 is 17.9 Å². The monoisotopic (exact) mass is 1050 g/mol. The lowest BCUT2D eigenvalue weighted by atomic mass is 10.1. The molecule has 0 bridgehead atoms. The molecule has 0 saturated heterocycles. The number of rotatable bonds is 61. The summed E-state index contributed by atoms with van der Waals surface area (Å²) in [6.07, 6.45) is 79.7. The van der Waals surface area contributed by atoms with Gasteiger partial charge in [-0.1, -0.05) is 281 Å². The first-order valence-electron chi connectivity index (χ1n) is 33.1. The van der Waals surface area contributed by atoms with E-state index in [1.165, 1.54) is 250 Å². The lowest BCUT2D eigenvalue weighted by molar-refractivity contribution is -0.167. The summed E-state index contributed by atoms with van der Waals surface area (Å²) in [6, 6.07) is 0. The van der Waals surface area contributed by atoms with Crippen molar-refractivity contribution in [3.8, 4) is 0 Å². The van der Waals surface area contributed by atoms with Crippen LogP contribution in [-0.2, 0) is 28.6 Å². The first-order valence-corrected chi connectivity index (χ1v) is 33.1. The summed E-state index contributed by atoms with van der Waals surface area (Å²) in [5.41, 5.74) is 0. The molecule has 0 aromatic carbocycles. The molecule has 6 nitrogen and oxygen atoms in total. The standard InChI is InChI=1S/C69H126O6/c1-4-7-10-13-16-19-22-25-28-31-34-37-40-43-46-49-52-55-58-61-67(70)73-64-66(75-69(72)63-60-57-54-51-48-45-42-39-36-33-30-27-24-21-18-15-12-9-6-3)65-74-68(71)62-59-56-53-50-47-44-41-38-35-32-29-26-23-20-17-14-11-8-5-2/h18,21,25-30,66H,4-17,19-20,22-24,31-65H2,1-3H3/b21-18-,28-25-,29-26-,30-27-. The Morgan fingerprint density at radius 1 is 0.267 bits per heavy atom. The highest BCUT2D eigenvalue weighted by molar-refractivity contribution is 5.71. The van der Waals surface area contributed by atoms with Gasteiger partial charge in [0.25, 0.3) is 0 Å². The van der Waals surface area contributed by atoms with Crippen molar-refractivity contribution in [3.05, 3.63) is 48.6 Å². The third-order valence-electron chi connectivity index (χ3n) is 14.8. The molecule has 0 aromatic rings. The first kappa shape index (κ1) is 72.4. The van der Waals surface area contributed by atoms with Crippen LogP contribution in [0.3, 0.4) is 0 Å². The van der Waals surface area contributed by atoms with Crippen LogP contribution in [0, 0.1) is 0 Å². The molecule has 438 valence electrons. The highest BCUT2D eigenvalue weighted by atomic mass is 16.6. The van der Waals surface area contributed by atoms with Crippen LogP contribution < -0.4 is 0 Å². The second kappa shape index (κ2) is 63.9. The van der Waals surface area contributed by atoms with Gasteiger partial charge in [-0.3, -0.25) is 14.4 Å². The molecule has 0 atom stereocenters. The first-order chi connectivity index (χ1) is 37.0. The fourth-order valence-corrected chi connectivity index (χ4v) is 9.76. The Bertz CT molecular complexity index is 1230. The number of ether oxygens (including phenoxy) is 3. The van der Waals surface area contributed by atoms with Gasteiger partial charge in [-0.2, -0.15) is 0 Å². The van der Waals surface area contributed by atoms with Crippen molar-refractivity contribution in [1.29, 1.82) is 0 Å². The fraction of sp³-hybridized carbons (Fsp3) is 0.841. The third kappa shape index (κ3) is 62.1. The minimum Gasteiger partial charge on any atom is -0.462 e. The number of esters is 3. The minimum absolute atomic E-state index is 0.0739. The predicted molar refractivity (Wildman–Crippen MR) is 325 cm³/mol. The summed E-state index contributed by atoms with van der Waals surface area (Å²) in [4.78, 5) is 38.4. The maximum absolute atomic E-state index is 12.9. The van der Waals surface area contributed by atoms with Crippen molar-refractivity contribution in [3.63, 3.8) is 0 Å². The van der Waals surface area contributed by atoms with Gasteiger partial charge in [-0.05, 0) is 103 Å². The maximum Gasteiger partial charge on any atom is 0.306 e. The summed E-state index contributed by atoms with van der Waals surface area (Å²) < 4.78 is 17.0. The van der Waals surface area contributed by atoms with E-state index < -0.39 is 6.10 Å². The van der Waals surface area contributed by atoms with Crippen molar-refractivity contribution in [2.45, 2.75) is 361 Å². The van der Waals surface area contributed by atoms with Gasteiger partial charge in [0.1, 0.15) is 13.2 Å². The highest BCUT2D eigenvalue weighted by Crippen LogP contribution is 2.17. The summed E-state index contributed by atoms with van der Waals surface area (Å²) in [5.74, 6) is -0.860. The molecular formula is C69H126O6. The zero-order valence-corrected chi connectivity index (χ0v) is 50.3. The Morgan fingerprint density at radius 3 is 0.773 bits per heavy atom. The van der Waals surface area contributed by atoms with Crippen molar-refractivity contribution in [2.75, 3.05) is 13.2 Å². The Morgan fingerprint density at radius 2 is 0.480 bits per heavy atom. The largest absolute Gasteiger partial charge is 0.462 e. The number of unbranched alkanes of at least 4 members (excludes halogenated alkanes) is 42. The molecule has 0 fully saturated rings. The smallest absolute Gasteiger partial charge is 0.306 e. The van der Waals surface area contributed by atoms with Crippen molar-refractivity contribution in [2.24, 2.45) is 0 Å². The minimum atomic E-state index is -0.777. The van der Waals surface area contributed by atoms with Crippen LogP contribution in [0.4, 0.5) is 0 Å². The van der Waals surface area contributed by atoms with Crippen LogP contribution in [0.1, 0.15) is 355 Å². The van der Waals surface area contributed by atoms with Crippen LogP contribution in [0.15, 0.2) is 48.6 Å². The van der Waals surface area contributed by atoms with Gasteiger partial charge < -0.3 is 14.2 Å². The predicted octanol–water partition coefficient (Wildman–Crippen LogP) is 22.6. The molecular weight excluding hydrogens is 925 g/mol. The Labute approximate surface area is 467 Å². The van der Waals surface area contributed by atoms with E-state index in [1.54, 1.807) is 0 Å². The molecule has 0 aliphatic heterocycles. The summed E-state index contributed by atoms with van der Waals surface area (Å²) >= 11 is 0. The summed E-state index contributed by atoms with van der Waals surface area (Å²) in [6.45, 7) is 6.66. The Hall–Kier alpha value is -2.63. The van der Waals surface area contributed by atoms with Crippen LogP contribution in [0.25, 0.3) is 0 Å². The summed E-state index contributed by atoms with van der Waals surface area (Å²) in [5, 5.41) is 0. The van der Waals surface area contributed by atoms with Crippen LogP contribution in [0.2, 0.25) is 0 Å². The number of hydrogen-bond acceptors (Lipinski definition) is 6. The molecule has 0 amide bonds. The Balaban J connectivity index is 4.35. The van der Waals surface area contributed by atoms with E-state index in [0.29, 0.717) is 19.3 Å². The fourth-order valence-electron chi connectivity index (χ4n) is 9.76. The molecule has 0 heterocycles. The number of carbonyl (C=O) groups excluding carboxylic acids is 3. The van der Waals surface area contributed by atoms with Gasteiger partial charge in [-0.15, -0.1) is 0 Å². The summed E-state index contributed by atoms with van der Waals surface area (Å²) in [7, 11) is 0. The molecule has 6 heteroatoms. The van der Waals surface area contributed by atoms with Gasteiger partial charge in [0.05, 0.1) is 0 Å². The molecule has 0 aliphatic rings. The quantitative estimate of drug-likeness (QED) is 0.0261. The van der Waals surface area contributed by atoms with E-state index in [1.807, 2.05) is 0 Å². The number of allylic oxidation sites excluding steroid dienone is 8. The SMILES string of the molecule is CCCCC/C=C\C/C=C\CCCCCCCCCCCC(=O)OC(COC(=O)CCCCCCCCCCC/C=C\CCCCCCCC)COC(=O)CCCCCCCCCCC/C=C\CCCCCCCC. The zero-order valence-electron chi connectivity index (χ0n) is 50.3. The van der Waals surface area contributed by atoms with Crippen LogP contribution in [0.5, 0.6) is 0 Å². The topological polar surface area (TPSA) is 78.9 Å². The maximum atomic E-state index is 12.9. The second-order valence-corrected chi connectivity index (χ2v) is 22.4. The van der Waals surface area contributed by atoms with E-state index in [0.717, 1.165) is 64.2 Å². The average molecular weight is 1050 g/mol. The van der Waals surface area contributed by atoms with E-state index in [4.69, 9.17) is 14.2 Å². The molecule has 0 unspecified atom stereocenters. The van der Waals surface area contributed by atoms with E-state index in [-0.39, 0.29) is 31.1 Å². The van der Waals surface area contributed by atoms with E-state index in [2.05, 4.69) is 69.4 Å². The molecule has 0 radical (unpaired) electrons. The second-order valence-electron chi connectivity index (χ2n) is 22.4.